The number of hydrogen-bond acceptors (Lipinski definition) is 6. The molecule has 12 heteroatoms. The third-order valence-corrected chi connectivity index (χ3v) is 8.56. The number of nitrogens with one attached hydrogen (secondary N) is 1. The van der Waals surface area contributed by atoms with Crippen molar-refractivity contribution in [3.63, 3.8) is 0 Å². The van der Waals surface area contributed by atoms with Crippen LogP contribution in [0.15, 0.2) is 85.3 Å². The van der Waals surface area contributed by atoms with E-state index in [1.807, 2.05) is 30.5 Å². The van der Waals surface area contributed by atoms with Crippen molar-refractivity contribution in [3.05, 3.63) is 113 Å². The molecule has 0 aliphatic carbocycles. The minimum atomic E-state index is -4.61. The number of nitrogens with two attached hydrogens (primary N) is 1. The first kappa shape index (κ1) is 35.1. The molecular formula is C35H37F3N6O2S. The Morgan fingerprint density at radius 3 is 2.47 bits per heavy atom. The number of Topliss-reactive ketones (excluding diaryl/α,β-unsaturated/α-hetero) is 1. The number of nitrogens with zero attached hydrogens (tertiary/aromatic N) is 4. The monoisotopic (exact) mass is 662 g/mol. The molecule has 8 nitrogen and oxygen atoms in total. The van der Waals surface area contributed by atoms with E-state index in [0.29, 0.717) is 35.7 Å². The molecule has 4 aromatic rings. The summed E-state index contributed by atoms with van der Waals surface area (Å²) < 4.78 is 49.5. The van der Waals surface area contributed by atoms with Crippen LogP contribution in [0, 0.1) is 23.2 Å². The fourth-order valence-corrected chi connectivity index (χ4v) is 5.77. The van der Waals surface area contributed by atoms with E-state index < -0.39 is 23.8 Å². The Hall–Kier alpha value is -4.73. The van der Waals surface area contributed by atoms with Crippen molar-refractivity contribution in [3.8, 4) is 11.8 Å². The first-order chi connectivity index (χ1) is 22.5. The van der Waals surface area contributed by atoms with Gasteiger partial charge >= 0.3 is 6.18 Å². The van der Waals surface area contributed by atoms with E-state index in [-0.39, 0.29) is 35.3 Å². The number of aromatic nitrogens is 2. The number of halogens is 3. The number of nitriles is 1. The largest absolute Gasteiger partial charge is 0.495 e. The van der Waals surface area contributed by atoms with Crippen LogP contribution < -0.4 is 15.8 Å². The van der Waals surface area contributed by atoms with Gasteiger partial charge in [-0.2, -0.15) is 18.4 Å². The predicted molar refractivity (Wildman–Crippen MR) is 178 cm³/mol. The zero-order valence-electron chi connectivity index (χ0n) is 26.4. The predicted octanol–water partition coefficient (Wildman–Crippen LogP) is 6.79. The average Bonchev–Trinajstić information content (AvgIpc) is 3.49. The van der Waals surface area contributed by atoms with Gasteiger partial charge in [-0.15, -0.1) is 0 Å². The normalized spacial score (nSPS) is 13.2. The van der Waals surface area contributed by atoms with Gasteiger partial charge < -0.3 is 25.3 Å². The maximum Gasteiger partial charge on any atom is 0.416 e. The number of hydrogen-bond donors (Lipinski definition) is 2. The molecule has 0 spiro atoms. The van der Waals surface area contributed by atoms with Gasteiger partial charge in [0.2, 0.25) is 0 Å². The van der Waals surface area contributed by atoms with E-state index in [0.717, 1.165) is 11.6 Å². The number of imidazole rings is 1. The molecule has 1 heterocycles. The second kappa shape index (κ2) is 15.7. The number of carbonyl (C=O) groups excluding carboxylic acids is 1. The summed E-state index contributed by atoms with van der Waals surface area (Å²) in [6, 6.07) is 21.5. The van der Waals surface area contributed by atoms with E-state index in [4.69, 9.17) is 28.0 Å². The molecule has 0 amide bonds. The van der Waals surface area contributed by atoms with Gasteiger partial charge in [0.15, 0.2) is 5.11 Å². The SMILES string of the molecule is CC[C@H](C)[C@H](C(=O)Cc1cncn1Cc1ccc(C#N)cc1)C(N)N(Cc1ccccc1C(F)(F)F)C(=S)Nc1ccccc1OC. The highest BCUT2D eigenvalue weighted by atomic mass is 32.1. The van der Waals surface area contributed by atoms with Gasteiger partial charge in [0.25, 0.3) is 0 Å². The van der Waals surface area contributed by atoms with E-state index in [9.17, 15) is 18.0 Å². The number of ketones is 1. The van der Waals surface area contributed by atoms with Gasteiger partial charge in [0, 0.05) is 31.4 Å². The quantitative estimate of drug-likeness (QED) is 0.119. The van der Waals surface area contributed by atoms with Crippen molar-refractivity contribution >= 4 is 28.8 Å². The second-order valence-electron chi connectivity index (χ2n) is 11.3. The third kappa shape index (κ3) is 8.75. The summed E-state index contributed by atoms with van der Waals surface area (Å²) in [5, 5.41) is 12.2. The molecule has 0 saturated carbocycles. The number of thiocarbonyl (C=S) groups is 1. The lowest BCUT2D eigenvalue weighted by Crippen LogP contribution is -2.55. The lowest BCUT2D eigenvalue weighted by atomic mass is 9.83. The Morgan fingerprint density at radius 2 is 1.81 bits per heavy atom. The smallest absolute Gasteiger partial charge is 0.416 e. The van der Waals surface area contributed by atoms with Crippen molar-refractivity contribution in [2.24, 2.45) is 17.6 Å². The first-order valence-corrected chi connectivity index (χ1v) is 15.5. The van der Waals surface area contributed by atoms with Crippen LogP contribution in [0.1, 0.15) is 48.2 Å². The number of ether oxygens (including phenoxy) is 1. The Balaban J connectivity index is 1.67. The molecule has 4 rings (SSSR count). The van der Waals surface area contributed by atoms with Crippen LogP contribution in [0.3, 0.4) is 0 Å². The van der Waals surface area contributed by atoms with Gasteiger partial charge in [-0.05, 0) is 59.6 Å². The van der Waals surface area contributed by atoms with Crippen LogP contribution in [0.4, 0.5) is 18.9 Å². The molecule has 246 valence electrons. The number of anilines is 1. The van der Waals surface area contributed by atoms with Crippen LogP contribution in [0.5, 0.6) is 5.75 Å². The van der Waals surface area contributed by atoms with Crippen molar-refractivity contribution in [1.29, 1.82) is 5.26 Å². The summed E-state index contributed by atoms with van der Waals surface area (Å²) in [5.74, 6) is -0.748. The highest BCUT2D eigenvalue weighted by molar-refractivity contribution is 7.80. The summed E-state index contributed by atoms with van der Waals surface area (Å²) >= 11 is 5.79. The second-order valence-corrected chi connectivity index (χ2v) is 11.7. The zero-order valence-corrected chi connectivity index (χ0v) is 27.2. The minimum Gasteiger partial charge on any atom is -0.495 e. The third-order valence-electron chi connectivity index (χ3n) is 8.22. The van der Waals surface area contributed by atoms with Gasteiger partial charge in [-0.3, -0.25) is 4.79 Å². The molecule has 3 N–H and O–H groups in total. The lowest BCUT2D eigenvalue weighted by Gasteiger charge is -2.38. The topological polar surface area (TPSA) is 109 Å². The van der Waals surface area contributed by atoms with Gasteiger partial charge in [0.1, 0.15) is 11.5 Å². The maximum absolute atomic E-state index is 14.2. The van der Waals surface area contributed by atoms with Crippen molar-refractivity contribution < 1.29 is 22.7 Å². The lowest BCUT2D eigenvalue weighted by molar-refractivity contribution is -0.138. The minimum absolute atomic E-state index is 0.00133. The number of carbonyl (C=O) groups is 1. The highest BCUT2D eigenvalue weighted by Crippen LogP contribution is 2.34. The van der Waals surface area contributed by atoms with Gasteiger partial charge in [-0.1, -0.05) is 62.7 Å². The Labute approximate surface area is 278 Å². The maximum atomic E-state index is 14.2. The molecule has 0 bridgehead atoms. The summed E-state index contributed by atoms with van der Waals surface area (Å²) in [6.07, 6.45) is -1.85. The molecule has 0 aliphatic heterocycles. The molecule has 3 aromatic carbocycles. The summed E-state index contributed by atoms with van der Waals surface area (Å²) in [6.45, 7) is 3.97. The van der Waals surface area contributed by atoms with Crippen molar-refractivity contribution in [1.82, 2.24) is 14.5 Å². The summed E-state index contributed by atoms with van der Waals surface area (Å²) in [7, 11) is 1.50. The van der Waals surface area contributed by atoms with Gasteiger partial charge in [0.05, 0.1) is 48.4 Å². The van der Waals surface area contributed by atoms with Crippen LogP contribution in [-0.2, 0) is 30.5 Å². The van der Waals surface area contributed by atoms with Crippen molar-refractivity contribution in [2.45, 2.75) is 52.1 Å². The average molecular weight is 663 g/mol. The number of alkyl halides is 3. The van der Waals surface area contributed by atoms with Crippen LogP contribution in [0.25, 0.3) is 0 Å². The van der Waals surface area contributed by atoms with Crippen LogP contribution in [-0.4, -0.2) is 38.6 Å². The molecule has 0 radical (unpaired) electrons. The van der Waals surface area contributed by atoms with E-state index >= 15 is 0 Å². The molecule has 3 atom stereocenters. The van der Waals surface area contributed by atoms with Gasteiger partial charge in [-0.25, -0.2) is 4.98 Å². The van der Waals surface area contributed by atoms with E-state index in [2.05, 4.69) is 16.4 Å². The van der Waals surface area contributed by atoms with Crippen molar-refractivity contribution in [2.75, 3.05) is 12.4 Å². The molecule has 0 fully saturated rings. The van der Waals surface area contributed by atoms with E-state index in [1.165, 1.54) is 30.2 Å². The zero-order chi connectivity index (χ0) is 34.1. The number of rotatable bonds is 13. The molecule has 47 heavy (non-hydrogen) atoms. The highest BCUT2D eigenvalue weighted by Gasteiger charge is 2.38. The fourth-order valence-electron chi connectivity index (χ4n) is 5.47. The first-order valence-electron chi connectivity index (χ1n) is 15.1. The Kier molecular flexibility index (Phi) is 11.7. The number of benzene rings is 3. The Morgan fingerprint density at radius 1 is 1.13 bits per heavy atom. The Bertz CT molecular complexity index is 1720. The van der Waals surface area contributed by atoms with E-state index in [1.54, 1.807) is 48.9 Å². The molecule has 1 aromatic heterocycles. The summed E-state index contributed by atoms with van der Waals surface area (Å²) in [4.78, 5) is 19.9. The molecule has 0 aliphatic rings. The van der Waals surface area contributed by atoms with Crippen LogP contribution >= 0.6 is 12.2 Å². The molecule has 1 unspecified atom stereocenters. The fraction of sp³-hybridized carbons (Fsp3) is 0.314. The summed E-state index contributed by atoms with van der Waals surface area (Å²) in [5.41, 5.74) is 8.69. The molecule has 0 saturated heterocycles. The number of methoxy groups -OCH3 is 1. The number of para-hydroxylation sites is 2. The van der Waals surface area contributed by atoms with Crippen LogP contribution in [0.2, 0.25) is 0 Å². The standard InChI is InChI=1S/C35H37F3N6O2S/c1-4-23(2)32(30(45)17-27-19-41-22-43(27)20-25-15-13-24(18-39)14-16-25)33(40)44(21-26-9-5-6-10-28(26)35(36,37)38)34(47)42-29-11-7-8-12-31(29)46-3/h5-16,19,22-23,32-33H,4,17,20-21,40H2,1-3H3,(H,42,47)/t23-,32+,33?/m0/s1. The molecular weight excluding hydrogens is 625 g/mol.